The number of fused-ring (bicyclic) bond motifs is 1. The average Bonchev–Trinajstić information content (AvgIpc) is 3.51. The highest BCUT2D eigenvalue weighted by molar-refractivity contribution is 5.95. The first-order valence-electron chi connectivity index (χ1n) is 14.9. The summed E-state index contributed by atoms with van der Waals surface area (Å²) in [6.45, 7) is 4.56. The summed E-state index contributed by atoms with van der Waals surface area (Å²) in [5.41, 5.74) is 3.07. The van der Waals surface area contributed by atoms with Crippen molar-refractivity contribution in [3.8, 4) is 5.75 Å². The maximum atomic E-state index is 13.2. The Labute approximate surface area is 241 Å². The summed E-state index contributed by atoms with van der Waals surface area (Å²) >= 11 is 0. The first kappa shape index (κ1) is 27.5. The molecule has 3 aliphatic rings. The molecule has 1 amide bonds. The van der Waals surface area contributed by atoms with Gasteiger partial charge in [-0.15, -0.1) is 0 Å². The third-order valence-corrected chi connectivity index (χ3v) is 8.31. The second-order valence-electron chi connectivity index (χ2n) is 11.5. The molecular weight excluding hydrogens is 520 g/mol. The number of anilines is 2. The Balaban J connectivity index is 1.01. The van der Waals surface area contributed by atoms with Gasteiger partial charge in [-0.25, -0.2) is 9.97 Å². The van der Waals surface area contributed by atoms with E-state index in [9.17, 15) is 9.90 Å². The minimum atomic E-state index is -0.666. The first-order valence-corrected chi connectivity index (χ1v) is 14.9. The zero-order valence-corrected chi connectivity index (χ0v) is 23.6. The topological polar surface area (TPSA) is 116 Å². The number of aromatic nitrogens is 2. The van der Waals surface area contributed by atoms with E-state index in [-0.39, 0.29) is 12.5 Å². The molecule has 3 N–H and O–H groups in total. The third-order valence-electron chi connectivity index (χ3n) is 8.31. The van der Waals surface area contributed by atoms with Crippen molar-refractivity contribution in [2.24, 2.45) is 0 Å². The van der Waals surface area contributed by atoms with Crippen LogP contribution in [0.15, 0.2) is 47.3 Å². The van der Waals surface area contributed by atoms with Gasteiger partial charge in [0.1, 0.15) is 24.0 Å². The standard InChI is InChI=1S/C31H40N6O4/c38-26(19-36-12-9-22-13-27(8-7-23(22)18-36)40-20-28-17-32-21-41-28)16-33-31(39)24-14-29(34-25-5-4-6-25)35-30(15-24)37-10-2-1-3-11-37/h7-8,13-15,17,21,25-26,38H,1-6,9-12,16,18-20H2,(H,33,39)(H,34,35). The lowest BCUT2D eigenvalue weighted by atomic mass is 9.93. The summed E-state index contributed by atoms with van der Waals surface area (Å²) in [6.07, 6.45) is 10.3. The number of pyridine rings is 1. The van der Waals surface area contributed by atoms with E-state index in [1.165, 1.54) is 30.4 Å². The van der Waals surface area contributed by atoms with E-state index in [0.29, 0.717) is 30.5 Å². The molecule has 2 aliphatic heterocycles. The lowest BCUT2D eigenvalue weighted by Crippen LogP contribution is -2.42. The van der Waals surface area contributed by atoms with Gasteiger partial charge in [0.15, 0.2) is 12.2 Å². The van der Waals surface area contributed by atoms with Crippen molar-refractivity contribution < 1.29 is 19.1 Å². The molecule has 6 rings (SSSR count). The van der Waals surface area contributed by atoms with Crippen LogP contribution in [0.25, 0.3) is 0 Å². The normalized spacial score (nSPS) is 18.3. The van der Waals surface area contributed by atoms with Crippen molar-refractivity contribution in [1.82, 2.24) is 20.2 Å². The minimum absolute atomic E-state index is 0.178. The zero-order valence-electron chi connectivity index (χ0n) is 23.6. The number of hydrogen-bond donors (Lipinski definition) is 3. The number of piperidine rings is 1. The van der Waals surface area contributed by atoms with Gasteiger partial charge in [0.2, 0.25) is 0 Å². The van der Waals surface area contributed by atoms with Crippen molar-refractivity contribution in [3.63, 3.8) is 0 Å². The van der Waals surface area contributed by atoms with Crippen LogP contribution in [0.5, 0.6) is 5.75 Å². The zero-order chi connectivity index (χ0) is 28.0. The molecule has 10 heteroatoms. The fourth-order valence-corrected chi connectivity index (χ4v) is 5.74. The van der Waals surface area contributed by atoms with E-state index in [1.807, 2.05) is 18.2 Å². The largest absolute Gasteiger partial charge is 0.486 e. The Morgan fingerprint density at radius 3 is 2.76 bits per heavy atom. The Morgan fingerprint density at radius 2 is 1.98 bits per heavy atom. The summed E-state index contributed by atoms with van der Waals surface area (Å²) in [5.74, 6) is 2.94. The van der Waals surface area contributed by atoms with Gasteiger partial charge in [-0.1, -0.05) is 6.07 Å². The number of oxazole rings is 1. The molecule has 4 heterocycles. The molecule has 1 aliphatic carbocycles. The lowest BCUT2D eigenvalue weighted by molar-refractivity contribution is 0.0841. The predicted octanol–water partition coefficient (Wildman–Crippen LogP) is 3.75. The van der Waals surface area contributed by atoms with Gasteiger partial charge in [-0.3, -0.25) is 9.69 Å². The SMILES string of the molecule is O=C(NCC(O)CN1CCc2cc(OCc3cnco3)ccc2C1)c1cc(NC2CCC2)nc(N2CCCCC2)c1. The van der Waals surface area contributed by atoms with E-state index in [0.717, 1.165) is 75.7 Å². The Kier molecular flexibility index (Phi) is 8.67. The maximum Gasteiger partial charge on any atom is 0.251 e. The van der Waals surface area contributed by atoms with Crippen LogP contribution in [0.2, 0.25) is 0 Å². The molecule has 0 radical (unpaired) electrons. The number of carbonyl (C=O) groups is 1. The molecule has 1 unspecified atom stereocenters. The molecular formula is C31H40N6O4. The van der Waals surface area contributed by atoms with E-state index < -0.39 is 6.10 Å². The number of β-amino-alcohol motifs (C(OH)–C–C–N with tert-alkyl or cyclic N) is 1. The van der Waals surface area contributed by atoms with Gasteiger partial charge >= 0.3 is 0 Å². The highest BCUT2D eigenvalue weighted by Crippen LogP contribution is 2.27. The summed E-state index contributed by atoms with van der Waals surface area (Å²) < 4.78 is 11.1. The molecule has 218 valence electrons. The van der Waals surface area contributed by atoms with E-state index in [4.69, 9.17) is 14.1 Å². The van der Waals surface area contributed by atoms with Crippen LogP contribution in [-0.2, 0) is 19.6 Å². The van der Waals surface area contributed by atoms with Crippen LogP contribution in [-0.4, -0.2) is 70.8 Å². The van der Waals surface area contributed by atoms with Crippen molar-refractivity contribution in [2.75, 3.05) is 42.9 Å². The number of ether oxygens (including phenoxy) is 1. The van der Waals surface area contributed by atoms with Crippen LogP contribution >= 0.6 is 0 Å². The van der Waals surface area contributed by atoms with Gasteiger partial charge in [-0.2, -0.15) is 0 Å². The summed E-state index contributed by atoms with van der Waals surface area (Å²) in [4.78, 5) is 26.5. The van der Waals surface area contributed by atoms with Crippen molar-refractivity contribution >= 4 is 17.5 Å². The number of nitrogens with zero attached hydrogens (tertiary/aromatic N) is 4. The quantitative estimate of drug-likeness (QED) is 0.322. The number of aliphatic hydroxyl groups is 1. The van der Waals surface area contributed by atoms with Crippen molar-refractivity contribution in [2.45, 2.75) is 70.2 Å². The van der Waals surface area contributed by atoms with Crippen LogP contribution in [0.4, 0.5) is 11.6 Å². The maximum absolute atomic E-state index is 13.2. The van der Waals surface area contributed by atoms with Crippen LogP contribution < -0.4 is 20.3 Å². The second-order valence-corrected chi connectivity index (χ2v) is 11.5. The molecule has 2 fully saturated rings. The van der Waals surface area contributed by atoms with Gasteiger partial charge in [0, 0.05) is 50.9 Å². The monoisotopic (exact) mass is 560 g/mol. The van der Waals surface area contributed by atoms with Crippen LogP contribution in [0, 0.1) is 0 Å². The number of nitrogens with one attached hydrogen (secondary N) is 2. The second kappa shape index (κ2) is 12.9. The van der Waals surface area contributed by atoms with Crippen molar-refractivity contribution in [1.29, 1.82) is 0 Å². The summed E-state index contributed by atoms with van der Waals surface area (Å²) in [6, 6.07) is 10.3. The van der Waals surface area contributed by atoms with Crippen LogP contribution in [0.1, 0.15) is 65.8 Å². The Bertz CT molecular complexity index is 1310. The average molecular weight is 561 g/mol. The van der Waals surface area contributed by atoms with E-state index in [2.05, 4.69) is 37.6 Å². The van der Waals surface area contributed by atoms with Crippen molar-refractivity contribution in [3.05, 3.63) is 65.4 Å². The van der Waals surface area contributed by atoms with Crippen LogP contribution in [0.3, 0.4) is 0 Å². The number of rotatable bonds is 11. The highest BCUT2D eigenvalue weighted by Gasteiger charge is 2.23. The molecule has 3 aromatic rings. The number of hydrogen-bond acceptors (Lipinski definition) is 9. The lowest BCUT2D eigenvalue weighted by Gasteiger charge is -2.31. The smallest absolute Gasteiger partial charge is 0.251 e. The molecule has 1 atom stereocenters. The van der Waals surface area contributed by atoms with Gasteiger partial charge in [0.05, 0.1) is 12.3 Å². The highest BCUT2D eigenvalue weighted by atomic mass is 16.5. The molecule has 41 heavy (non-hydrogen) atoms. The Morgan fingerprint density at radius 1 is 1.10 bits per heavy atom. The summed E-state index contributed by atoms with van der Waals surface area (Å²) in [5, 5.41) is 17.3. The van der Waals surface area contributed by atoms with E-state index in [1.54, 1.807) is 6.20 Å². The molecule has 1 saturated heterocycles. The molecule has 0 spiro atoms. The number of benzene rings is 1. The molecule has 10 nitrogen and oxygen atoms in total. The molecule has 2 aromatic heterocycles. The molecule has 0 bridgehead atoms. The number of aliphatic hydroxyl groups excluding tert-OH is 1. The molecule has 1 aromatic carbocycles. The predicted molar refractivity (Wildman–Crippen MR) is 156 cm³/mol. The van der Waals surface area contributed by atoms with Gasteiger partial charge in [-0.05, 0) is 80.3 Å². The minimum Gasteiger partial charge on any atom is -0.486 e. The first-order chi connectivity index (χ1) is 20.1. The fourth-order valence-electron chi connectivity index (χ4n) is 5.74. The van der Waals surface area contributed by atoms with E-state index >= 15 is 0 Å². The van der Waals surface area contributed by atoms with Gasteiger partial charge < -0.3 is 29.8 Å². The fraction of sp³-hybridized carbons (Fsp3) is 0.516. The number of carbonyl (C=O) groups excluding carboxylic acids is 1. The van der Waals surface area contributed by atoms with Gasteiger partial charge in [0.25, 0.3) is 5.91 Å². The number of amides is 1. The Hall–Kier alpha value is -3.63. The summed E-state index contributed by atoms with van der Waals surface area (Å²) in [7, 11) is 0. The third kappa shape index (κ3) is 7.18. The molecule has 1 saturated carbocycles.